The normalized spacial score (nSPS) is 11.9. The minimum atomic E-state index is -4.38. The molecule has 0 saturated heterocycles. The van der Waals surface area contributed by atoms with E-state index in [1.165, 1.54) is 0 Å². The monoisotopic (exact) mass is 151 g/mol. The van der Waals surface area contributed by atoms with Crippen molar-refractivity contribution in [3.05, 3.63) is 11.9 Å². The van der Waals surface area contributed by atoms with Crippen LogP contribution in [0.3, 0.4) is 0 Å². The van der Waals surface area contributed by atoms with E-state index in [1.807, 2.05) is 4.98 Å². The second-order valence-electron chi connectivity index (χ2n) is 1.68. The summed E-state index contributed by atoms with van der Waals surface area (Å²) in [5, 5.41) is 0. The van der Waals surface area contributed by atoms with Crippen LogP contribution in [0.5, 0.6) is 0 Å². The van der Waals surface area contributed by atoms with E-state index in [0.29, 0.717) is 6.20 Å². The Balaban J connectivity index is 2.96. The van der Waals surface area contributed by atoms with Crippen molar-refractivity contribution in [1.82, 2.24) is 9.97 Å². The lowest BCUT2D eigenvalue weighted by molar-refractivity contribution is -0.140. The highest BCUT2D eigenvalue weighted by Gasteiger charge is 2.32. The quantitative estimate of drug-likeness (QED) is 0.581. The fourth-order valence-corrected chi connectivity index (χ4v) is 0.481. The maximum atomic E-state index is 11.7. The lowest BCUT2D eigenvalue weighted by Gasteiger charge is -1.99. The predicted molar refractivity (Wildman–Crippen MR) is 28.0 cm³/mol. The van der Waals surface area contributed by atoms with E-state index in [2.05, 4.69) is 4.98 Å². The fourth-order valence-electron chi connectivity index (χ4n) is 0.481. The van der Waals surface area contributed by atoms with Crippen molar-refractivity contribution < 1.29 is 13.2 Å². The van der Waals surface area contributed by atoms with Gasteiger partial charge in [-0.05, 0) is 0 Å². The SMILES string of the molecule is Nc1ncc(C(F)(F)F)[nH]1. The molecule has 0 spiro atoms. The van der Waals surface area contributed by atoms with Gasteiger partial charge < -0.3 is 10.7 Å². The number of aromatic amines is 1. The zero-order chi connectivity index (χ0) is 7.78. The Morgan fingerprint density at radius 3 is 2.30 bits per heavy atom. The number of nitrogens with one attached hydrogen (secondary N) is 1. The number of hydrogen-bond acceptors (Lipinski definition) is 2. The third-order valence-corrected chi connectivity index (χ3v) is 0.901. The number of nitrogens with zero attached hydrogens (tertiary/aromatic N) is 1. The Morgan fingerprint density at radius 2 is 2.10 bits per heavy atom. The average molecular weight is 151 g/mol. The number of hydrogen-bond donors (Lipinski definition) is 2. The van der Waals surface area contributed by atoms with Crippen molar-refractivity contribution in [2.75, 3.05) is 5.73 Å². The molecule has 0 radical (unpaired) electrons. The first kappa shape index (κ1) is 6.91. The summed E-state index contributed by atoms with van der Waals surface area (Å²) in [6, 6.07) is 0. The van der Waals surface area contributed by atoms with E-state index in [4.69, 9.17) is 5.73 Å². The minimum Gasteiger partial charge on any atom is -0.369 e. The smallest absolute Gasteiger partial charge is 0.369 e. The number of nitrogen functional groups attached to an aromatic ring is 1. The van der Waals surface area contributed by atoms with Crippen LogP contribution in [-0.4, -0.2) is 9.97 Å². The summed E-state index contributed by atoms with van der Waals surface area (Å²) in [5.41, 5.74) is 3.98. The molecule has 0 bridgehead atoms. The van der Waals surface area contributed by atoms with E-state index >= 15 is 0 Å². The topological polar surface area (TPSA) is 54.7 Å². The van der Waals surface area contributed by atoms with Crippen LogP contribution < -0.4 is 5.73 Å². The van der Waals surface area contributed by atoms with Crippen LogP contribution in [0.1, 0.15) is 5.69 Å². The first-order valence-corrected chi connectivity index (χ1v) is 2.38. The predicted octanol–water partition coefficient (Wildman–Crippen LogP) is 1.01. The number of alkyl halides is 3. The maximum Gasteiger partial charge on any atom is 0.432 e. The third kappa shape index (κ3) is 1.20. The number of rotatable bonds is 0. The van der Waals surface area contributed by atoms with E-state index in [1.54, 1.807) is 0 Å². The minimum absolute atomic E-state index is 0.229. The van der Waals surface area contributed by atoms with Gasteiger partial charge >= 0.3 is 6.18 Å². The van der Waals surface area contributed by atoms with E-state index in [9.17, 15) is 13.2 Å². The van der Waals surface area contributed by atoms with Crippen LogP contribution in [0.25, 0.3) is 0 Å². The van der Waals surface area contributed by atoms with Gasteiger partial charge in [0.2, 0.25) is 0 Å². The van der Waals surface area contributed by atoms with Crippen molar-refractivity contribution in [3.8, 4) is 0 Å². The summed E-state index contributed by atoms with van der Waals surface area (Å²) in [6.07, 6.45) is -3.74. The highest BCUT2D eigenvalue weighted by molar-refractivity contribution is 5.19. The van der Waals surface area contributed by atoms with Gasteiger partial charge in [-0.15, -0.1) is 0 Å². The molecule has 1 rings (SSSR count). The molecule has 0 saturated carbocycles. The Morgan fingerprint density at radius 1 is 1.50 bits per heavy atom. The number of halogens is 3. The van der Waals surface area contributed by atoms with Gasteiger partial charge in [0.15, 0.2) is 5.95 Å². The molecule has 0 unspecified atom stereocenters. The van der Waals surface area contributed by atoms with Gasteiger partial charge in [0.1, 0.15) is 5.69 Å². The van der Waals surface area contributed by atoms with Crippen molar-refractivity contribution in [2.24, 2.45) is 0 Å². The Bertz CT molecular complexity index is 226. The van der Waals surface area contributed by atoms with Gasteiger partial charge in [-0.2, -0.15) is 13.2 Å². The molecule has 0 aromatic carbocycles. The van der Waals surface area contributed by atoms with Crippen LogP contribution in [0, 0.1) is 0 Å². The molecule has 0 aliphatic heterocycles. The van der Waals surface area contributed by atoms with Crippen molar-refractivity contribution >= 4 is 5.95 Å². The van der Waals surface area contributed by atoms with Crippen LogP contribution in [0.4, 0.5) is 19.1 Å². The Labute approximate surface area is 54.1 Å². The molecule has 0 atom stereocenters. The Hall–Kier alpha value is -1.20. The standard InChI is InChI=1S/C4H4F3N3/c5-4(6,7)2-1-9-3(8)10-2/h1H,(H3,8,9,10). The fraction of sp³-hybridized carbons (Fsp3) is 0.250. The molecule has 1 heterocycles. The molecular weight excluding hydrogens is 147 g/mol. The highest BCUT2D eigenvalue weighted by Crippen LogP contribution is 2.27. The molecule has 1 aromatic rings. The molecular formula is C4H4F3N3. The summed E-state index contributed by atoms with van der Waals surface area (Å²) in [4.78, 5) is 5.04. The molecule has 0 amide bonds. The van der Waals surface area contributed by atoms with Crippen molar-refractivity contribution in [2.45, 2.75) is 6.18 Å². The first-order valence-electron chi connectivity index (χ1n) is 2.38. The van der Waals surface area contributed by atoms with Gasteiger partial charge in [-0.1, -0.05) is 0 Å². The average Bonchev–Trinajstić information content (AvgIpc) is 2.11. The van der Waals surface area contributed by atoms with Crippen molar-refractivity contribution in [1.29, 1.82) is 0 Å². The molecule has 3 N–H and O–H groups in total. The molecule has 56 valence electrons. The third-order valence-electron chi connectivity index (χ3n) is 0.901. The molecule has 10 heavy (non-hydrogen) atoms. The van der Waals surface area contributed by atoms with Crippen LogP contribution >= 0.6 is 0 Å². The lowest BCUT2D eigenvalue weighted by atomic mass is 10.5. The second kappa shape index (κ2) is 1.89. The molecule has 0 fully saturated rings. The van der Waals surface area contributed by atoms with E-state index < -0.39 is 11.9 Å². The number of imidazole rings is 1. The number of H-pyrrole nitrogens is 1. The number of aromatic nitrogens is 2. The van der Waals surface area contributed by atoms with Gasteiger partial charge in [0, 0.05) is 0 Å². The summed E-state index contributed by atoms with van der Waals surface area (Å²) in [6.45, 7) is 0. The zero-order valence-corrected chi connectivity index (χ0v) is 4.74. The lowest BCUT2D eigenvalue weighted by Crippen LogP contribution is -2.05. The zero-order valence-electron chi connectivity index (χ0n) is 4.74. The van der Waals surface area contributed by atoms with Gasteiger partial charge in [0.25, 0.3) is 0 Å². The molecule has 1 aromatic heterocycles. The molecule has 0 aliphatic rings. The summed E-state index contributed by atoms with van der Waals surface area (Å²) < 4.78 is 35.0. The van der Waals surface area contributed by atoms with Crippen LogP contribution in [-0.2, 0) is 6.18 Å². The Kier molecular flexibility index (Phi) is 1.31. The van der Waals surface area contributed by atoms with E-state index in [0.717, 1.165) is 0 Å². The van der Waals surface area contributed by atoms with Crippen molar-refractivity contribution in [3.63, 3.8) is 0 Å². The molecule has 3 nitrogen and oxygen atoms in total. The molecule has 6 heteroatoms. The van der Waals surface area contributed by atoms with Crippen LogP contribution in [0.2, 0.25) is 0 Å². The molecule has 0 aliphatic carbocycles. The van der Waals surface area contributed by atoms with Gasteiger partial charge in [0.05, 0.1) is 6.20 Å². The summed E-state index contributed by atoms with van der Waals surface area (Å²) in [5.74, 6) is -0.229. The summed E-state index contributed by atoms with van der Waals surface area (Å²) >= 11 is 0. The van der Waals surface area contributed by atoms with E-state index in [-0.39, 0.29) is 5.95 Å². The summed E-state index contributed by atoms with van der Waals surface area (Å²) in [7, 11) is 0. The number of anilines is 1. The first-order chi connectivity index (χ1) is 4.50. The number of nitrogens with two attached hydrogens (primary N) is 1. The largest absolute Gasteiger partial charge is 0.432 e. The second-order valence-corrected chi connectivity index (χ2v) is 1.68. The van der Waals surface area contributed by atoms with Gasteiger partial charge in [-0.25, -0.2) is 4.98 Å². The van der Waals surface area contributed by atoms with Gasteiger partial charge in [-0.3, -0.25) is 0 Å². The maximum absolute atomic E-state index is 11.7. The van der Waals surface area contributed by atoms with Crippen LogP contribution in [0.15, 0.2) is 6.20 Å². The highest BCUT2D eigenvalue weighted by atomic mass is 19.4.